The van der Waals surface area contributed by atoms with Crippen LogP contribution in [0.2, 0.25) is 0 Å². The monoisotopic (exact) mass is 295 g/mol. The molecule has 2 rings (SSSR count). The molecule has 1 aliphatic carbocycles. The number of carbonyl (C=O) groups is 1. The summed E-state index contributed by atoms with van der Waals surface area (Å²) in [6.45, 7) is 0.630. The fourth-order valence-electron chi connectivity index (χ4n) is 2.61. The Hall–Kier alpha value is -2.02. The van der Waals surface area contributed by atoms with Gasteiger partial charge in [-0.15, -0.1) is 0 Å². The number of amides is 1. The van der Waals surface area contributed by atoms with Gasteiger partial charge in [0.1, 0.15) is 0 Å². The number of benzene rings is 1. The van der Waals surface area contributed by atoms with Crippen molar-refractivity contribution in [1.29, 1.82) is 0 Å². The van der Waals surface area contributed by atoms with Gasteiger partial charge in [0, 0.05) is 12.0 Å². The molecule has 0 atom stereocenters. The highest BCUT2D eigenvalue weighted by Gasteiger charge is 2.26. The highest BCUT2D eigenvalue weighted by molar-refractivity contribution is 5.92. The highest BCUT2D eigenvalue weighted by atomic mass is 19.1. The predicted molar refractivity (Wildman–Crippen MR) is 76.2 cm³/mol. The van der Waals surface area contributed by atoms with Crippen LogP contribution >= 0.6 is 0 Å². The number of halogens is 1. The zero-order valence-corrected chi connectivity index (χ0v) is 11.5. The quantitative estimate of drug-likeness (QED) is 0.658. The largest absolute Gasteiger partial charge is 0.330 e. The number of rotatable bonds is 4. The third kappa shape index (κ3) is 3.75. The summed E-state index contributed by atoms with van der Waals surface area (Å²) in [5.74, 6) is -0.723. The Morgan fingerprint density at radius 3 is 2.57 bits per heavy atom. The maximum absolute atomic E-state index is 13.7. The molecule has 0 saturated heterocycles. The average Bonchev–Trinajstić information content (AvgIpc) is 2.49. The summed E-state index contributed by atoms with van der Waals surface area (Å²) in [4.78, 5) is 21.9. The second kappa shape index (κ2) is 6.62. The van der Waals surface area contributed by atoms with Crippen LogP contribution in [0.25, 0.3) is 0 Å². The van der Waals surface area contributed by atoms with Gasteiger partial charge < -0.3 is 11.1 Å². The van der Waals surface area contributed by atoms with E-state index in [4.69, 9.17) is 5.73 Å². The molecule has 0 heterocycles. The zero-order chi connectivity index (χ0) is 15.4. The molecule has 1 amide bonds. The first kappa shape index (κ1) is 15.4. The summed E-state index contributed by atoms with van der Waals surface area (Å²) in [6.07, 6.45) is 3.28. The Kier molecular flexibility index (Phi) is 4.85. The van der Waals surface area contributed by atoms with Crippen LogP contribution < -0.4 is 11.1 Å². The molecule has 1 aromatic carbocycles. The summed E-state index contributed by atoms with van der Waals surface area (Å²) >= 11 is 0. The van der Waals surface area contributed by atoms with Crippen molar-refractivity contribution < 1.29 is 14.1 Å². The first-order valence-corrected chi connectivity index (χ1v) is 6.96. The number of hydrogen-bond acceptors (Lipinski definition) is 4. The summed E-state index contributed by atoms with van der Waals surface area (Å²) < 4.78 is 13.7. The van der Waals surface area contributed by atoms with Gasteiger partial charge >= 0.3 is 0 Å². The zero-order valence-electron chi connectivity index (χ0n) is 11.5. The summed E-state index contributed by atoms with van der Waals surface area (Å²) in [5, 5.41) is 13.0. The van der Waals surface area contributed by atoms with Gasteiger partial charge in [0.2, 0.25) is 5.91 Å². The van der Waals surface area contributed by atoms with Gasteiger partial charge in [0.15, 0.2) is 5.82 Å². The number of nitro benzene ring substituents is 1. The van der Waals surface area contributed by atoms with Crippen LogP contribution in [0, 0.1) is 27.8 Å². The molecule has 0 unspecified atom stereocenters. The summed E-state index contributed by atoms with van der Waals surface area (Å²) in [6, 6.07) is 3.20. The number of anilines is 1. The van der Waals surface area contributed by atoms with E-state index < -0.39 is 10.7 Å². The number of hydrogen-bond donors (Lipinski definition) is 2. The molecule has 0 aromatic heterocycles. The van der Waals surface area contributed by atoms with Gasteiger partial charge in [0.25, 0.3) is 5.69 Å². The van der Waals surface area contributed by atoms with E-state index in [9.17, 15) is 19.3 Å². The topological polar surface area (TPSA) is 98.3 Å². The van der Waals surface area contributed by atoms with Gasteiger partial charge in [-0.3, -0.25) is 14.9 Å². The molecule has 1 aromatic rings. The normalized spacial score (nSPS) is 21.8. The molecule has 0 radical (unpaired) electrons. The molecule has 21 heavy (non-hydrogen) atoms. The second-order valence-corrected chi connectivity index (χ2v) is 5.36. The van der Waals surface area contributed by atoms with E-state index >= 15 is 0 Å². The fourth-order valence-corrected chi connectivity index (χ4v) is 2.61. The number of non-ortho nitro benzene ring substituents is 1. The Labute approximate surface area is 121 Å². The molecule has 1 saturated carbocycles. The lowest BCUT2D eigenvalue weighted by molar-refractivity contribution is -0.385. The molecule has 114 valence electrons. The van der Waals surface area contributed by atoms with E-state index in [0.717, 1.165) is 31.7 Å². The Morgan fingerprint density at radius 2 is 2.05 bits per heavy atom. The Bertz CT molecular complexity index is 542. The molecular formula is C14H18FN3O3. The first-order valence-electron chi connectivity index (χ1n) is 6.96. The van der Waals surface area contributed by atoms with Crippen LogP contribution in [-0.2, 0) is 4.79 Å². The number of nitrogens with two attached hydrogens (primary N) is 1. The van der Waals surface area contributed by atoms with Gasteiger partial charge in [-0.1, -0.05) is 0 Å². The highest BCUT2D eigenvalue weighted by Crippen LogP contribution is 2.29. The van der Waals surface area contributed by atoms with Crippen LogP contribution in [0.1, 0.15) is 25.7 Å². The lowest BCUT2D eigenvalue weighted by atomic mass is 9.81. The molecule has 0 aliphatic heterocycles. The Balaban J connectivity index is 1.98. The SMILES string of the molecule is NCC1CCC(C(=O)Nc2ccc([N+](=O)[O-])cc2F)CC1. The maximum Gasteiger partial charge on any atom is 0.272 e. The molecule has 0 spiro atoms. The lowest BCUT2D eigenvalue weighted by Gasteiger charge is -2.26. The van der Waals surface area contributed by atoms with Gasteiger partial charge in [-0.05, 0) is 44.2 Å². The number of carbonyl (C=O) groups excluding carboxylic acids is 1. The molecule has 0 bridgehead atoms. The third-order valence-electron chi connectivity index (χ3n) is 3.97. The van der Waals surface area contributed by atoms with Gasteiger partial charge in [-0.25, -0.2) is 4.39 Å². The minimum Gasteiger partial charge on any atom is -0.330 e. The van der Waals surface area contributed by atoms with Crippen molar-refractivity contribution >= 4 is 17.3 Å². The summed E-state index contributed by atoms with van der Waals surface area (Å²) in [5.41, 5.74) is 5.24. The van der Waals surface area contributed by atoms with E-state index in [-0.39, 0.29) is 23.2 Å². The Morgan fingerprint density at radius 1 is 1.38 bits per heavy atom. The third-order valence-corrected chi connectivity index (χ3v) is 3.97. The van der Waals surface area contributed by atoms with Crippen molar-refractivity contribution in [1.82, 2.24) is 0 Å². The lowest BCUT2D eigenvalue weighted by Crippen LogP contribution is -2.29. The van der Waals surface area contributed by atoms with Gasteiger partial charge in [0.05, 0.1) is 16.7 Å². The number of nitrogens with zero attached hydrogens (tertiary/aromatic N) is 1. The molecular weight excluding hydrogens is 277 g/mol. The first-order chi connectivity index (χ1) is 10.0. The molecule has 1 aliphatic rings. The predicted octanol–water partition coefficient (Wildman–Crippen LogP) is 2.44. The minimum absolute atomic E-state index is 0.0217. The van der Waals surface area contributed by atoms with Crippen molar-refractivity contribution in [3.8, 4) is 0 Å². The average molecular weight is 295 g/mol. The minimum atomic E-state index is -0.798. The van der Waals surface area contributed by atoms with Crippen molar-refractivity contribution in [2.75, 3.05) is 11.9 Å². The van der Waals surface area contributed by atoms with Crippen molar-refractivity contribution in [3.63, 3.8) is 0 Å². The maximum atomic E-state index is 13.7. The van der Waals surface area contributed by atoms with Crippen molar-refractivity contribution in [3.05, 3.63) is 34.1 Å². The van der Waals surface area contributed by atoms with Crippen molar-refractivity contribution in [2.45, 2.75) is 25.7 Å². The van der Waals surface area contributed by atoms with E-state index in [2.05, 4.69) is 5.32 Å². The molecule has 3 N–H and O–H groups in total. The van der Waals surface area contributed by atoms with Crippen molar-refractivity contribution in [2.24, 2.45) is 17.6 Å². The van der Waals surface area contributed by atoms with E-state index in [1.807, 2.05) is 0 Å². The van der Waals surface area contributed by atoms with Crippen LogP contribution in [0.5, 0.6) is 0 Å². The van der Waals surface area contributed by atoms with Gasteiger partial charge in [-0.2, -0.15) is 0 Å². The van der Waals surface area contributed by atoms with E-state index in [1.54, 1.807) is 0 Å². The van der Waals surface area contributed by atoms with E-state index in [1.165, 1.54) is 12.1 Å². The number of nitrogens with one attached hydrogen (secondary N) is 1. The molecule has 1 fully saturated rings. The smallest absolute Gasteiger partial charge is 0.272 e. The fraction of sp³-hybridized carbons (Fsp3) is 0.500. The van der Waals surface area contributed by atoms with Crippen LogP contribution in [0.4, 0.5) is 15.8 Å². The standard InChI is InChI=1S/C14H18FN3O3/c15-12-7-11(18(20)21)5-6-13(12)17-14(19)10-3-1-9(8-16)2-4-10/h5-7,9-10H,1-4,8,16H2,(H,17,19). The van der Waals surface area contributed by atoms with Crippen LogP contribution in [0.3, 0.4) is 0 Å². The number of nitro groups is 1. The van der Waals surface area contributed by atoms with E-state index in [0.29, 0.717) is 12.5 Å². The molecule has 6 nitrogen and oxygen atoms in total. The van der Waals surface area contributed by atoms with Crippen LogP contribution in [0.15, 0.2) is 18.2 Å². The molecule has 7 heteroatoms. The second-order valence-electron chi connectivity index (χ2n) is 5.36. The summed E-state index contributed by atoms with van der Waals surface area (Å²) in [7, 11) is 0. The van der Waals surface area contributed by atoms with Crippen LogP contribution in [-0.4, -0.2) is 17.4 Å².